The first-order valence-corrected chi connectivity index (χ1v) is 6.50. The zero-order chi connectivity index (χ0) is 15.0. The summed E-state index contributed by atoms with van der Waals surface area (Å²) in [6.45, 7) is 4.15. The number of halogens is 1. The Morgan fingerprint density at radius 2 is 2.20 bits per heavy atom. The second-order valence-corrected chi connectivity index (χ2v) is 4.42. The maximum Gasteiger partial charge on any atom is 0.187 e. The van der Waals surface area contributed by atoms with Crippen LogP contribution in [0, 0.1) is 0 Å². The first-order valence-electron chi connectivity index (χ1n) is 5.71. The fraction of sp³-hybridized carbons (Fsp3) is 0.231. The normalized spacial score (nSPS) is 10.2. The molecule has 1 aromatic carbocycles. The molecule has 0 heterocycles. The van der Waals surface area contributed by atoms with E-state index < -0.39 is 0 Å². The van der Waals surface area contributed by atoms with Crippen LogP contribution in [-0.2, 0) is 0 Å². The van der Waals surface area contributed by atoms with E-state index in [2.05, 4.69) is 22.4 Å². The largest absolute Gasteiger partial charge is 0.493 e. The van der Waals surface area contributed by atoms with Crippen molar-refractivity contribution in [1.29, 1.82) is 0 Å². The van der Waals surface area contributed by atoms with Gasteiger partial charge in [-0.15, -0.1) is 6.58 Å². The minimum absolute atomic E-state index is 0.410. The molecule has 0 saturated carbocycles. The molecule has 0 spiro atoms. The first kappa shape index (κ1) is 16.3. The Bertz CT molecular complexity index is 521. The SMILES string of the molecule is C=CCNC(=S)N/N=C/c1cc(Cl)c(OC)c(OC)c1. The van der Waals surface area contributed by atoms with Crippen LogP contribution in [0.4, 0.5) is 0 Å². The van der Waals surface area contributed by atoms with Gasteiger partial charge in [0, 0.05) is 6.54 Å². The van der Waals surface area contributed by atoms with Crippen LogP contribution in [0.1, 0.15) is 5.56 Å². The van der Waals surface area contributed by atoms with Crippen molar-refractivity contribution >= 4 is 35.1 Å². The maximum atomic E-state index is 6.09. The Labute approximate surface area is 128 Å². The van der Waals surface area contributed by atoms with Crippen molar-refractivity contribution in [2.75, 3.05) is 20.8 Å². The quantitative estimate of drug-likeness (QED) is 0.365. The van der Waals surface area contributed by atoms with E-state index in [4.69, 9.17) is 33.3 Å². The number of ether oxygens (including phenoxy) is 2. The van der Waals surface area contributed by atoms with Crippen molar-refractivity contribution in [3.05, 3.63) is 35.4 Å². The van der Waals surface area contributed by atoms with Crippen LogP contribution in [0.5, 0.6) is 11.5 Å². The summed E-state index contributed by atoms with van der Waals surface area (Å²) in [4.78, 5) is 0. The fourth-order valence-corrected chi connectivity index (χ4v) is 1.81. The molecule has 0 unspecified atom stereocenters. The molecule has 5 nitrogen and oxygen atoms in total. The number of hydrogen-bond acceptors (Lipinski definition) is 4. The lowest BCUT2D eigenvalue weighted by Gasteiger charge is -2.10. The lowest BCUT2D eigenvalue weighted by atomic mass is 10.2. The van der Waals surface area contributed by atoms with Crippen LogP contribution < -0.4 is 20.2 Å². The molecule has 108 valence electrons. The highest BCUT2D eigenvalue weighted by molar-refractivity contribution is 7.80. The number of hydrazone groups is 1. The predicted octanol–water partition coefficient (Wildman–Crippen LogP) is 2.34. The van der Waals surface area contributed by atoms with Crippen LogP contribution in [0.15, 0.2) is 29.9 Å². The Kier molecular flexibility index (Phi) is 6.83. The summed E-state index contributed by atoms with van der Waals surface area (Å²) in [5.74, 6) is 1.02. The van der Waals surface area contributed by atoms with Crippen molar-refractivity contribution in [2.24, 2.45) is 5.10 Å². The smallest absolute Gasteiger partial charge is 0.187 e. The molecule has 0 aliphatic carbocycles. The fourth-order valence-electron chi connectivity index (χ4n) is 1.38. The van der Waals surface area contributed by atoms with E-state index in [1.807, 2.05) is 0 Å². The minimum Gasteiger partial charge on any atom is -0.493 e. The molecule has 0 saturated heterocycles. The van der Waals surface area contributed by atoms with Crippen LogP contribution in [0.25, 0.3) is 0 Å². The van der Waals surface area contributed by atoms with Crippen LogP contribution in [0.3, 0.4) is 0 Å². The monoisotopic (exact) mass is 313 g/mol. The summed E-state index contributed by atoms with van der Waals surface area (Å²) in [5.41, 5.74) is 3.43. The number of nitrogens with one attached hydrogen (secondary N) is 2. The van der Waals surface area contributed by atoms with E-state index in [9.17, 15) is 0 Å². The van der Waals surface area contributed by atoms with E-state index in [-0.39, 0.29) is 0 Å². The molecule has 0 fully saturated rings. The average molecular weight is 314 g/mol. The topological polar surface area (TPSA) is 54.9 Å². The van der Waals surface area contributed by atoms with Crippen LogP contribution >= 0.6 is 23.8 Å². The summed E-state index contributed by atoms with van der Waals surface area (Å²) >= 11 is 11.1. The molecular formula is C13H16ClN3O2S. The Balaban J connectivity index is 2.75. The molecule has 20 heavy (non-hydrogen) atoms. The van der Waals surface area contributed by atoms with Gasteiger partial charge in [-0.05, 0) is 29.9 Å². The molecule has 0 bridgehead atoms. The zero-order valence-electron chi connectivity index (χ0n) is 11.3. The molecular weight excluding hydrogens is 298 g/mol. The lowest BCUT2D eigenvalue weighted by molar-refractivity contribution is 0.355. The van der Waals surface area contributed by atoms with Crippen molar-refractivity contribution in [3.63, 3.8) is 0 Å². The van der Waals surface area contributed by atoms with Crippen molar-refractivity contribution < 1.29 is 9.47 Å². The van der Waals surface area contributed by atoms with Crippen molar-refractivity contribution in [2.45, 2.75) is 0 Å². The number of rotatable bonds is 6. The van der Waals surface area contributed by atoms with Gasteiger partial charge in [-0.1, -0.05) is 17.7 Å². The van der Waals surface area contributed by atoms with Gasteiger partial charge in [0.1, 0.15) is 0 Å². The molecule has 0 aliphatic rings. The molecule has 7 heteroatoms. The third kappa shape index (κ3) is 4.71. The standard InChI is InChI=1S/C13H16ClN3O2S/c1-4-5-15-13(20)17-16-8-9-6-10(14)12(19-3)11(7-9)18-2/h4,6-8H,1,5H2,2-3H3,(H2,15,17,20)/b16-8+. The summed E-state index contributed by atoms with van der Waals surface area (Å²) in [6.07, 6.45) is 3.28. The Hall–Kier alpha value is -1.79. The Morgan fingerprint density at radius 3 is 2.80 bits per heavy atom. The van der Waals surface area contributed by atoms with E-state index in [1.165, 1.54) is 7.11 Å². The van der Waals surface area contributed by atoms with Gasteiger partial charge in [-0.25, -0.2) is 0 Å². The molecule has 1 rings (SSSR count). The number of hydrogen-bond donors (Lipinski definition) is 2. The molecule has 0 aromatic heterocycles. The minimum atomic E-state index is 0.410. The molecule has 1 aromatic rings. The number of methoxy groups -OCH3 is 2. The third-order valence-corrected chi connectivity index (χ3v) is 2.76. The highest BCUT2D eigenvalue weighted by atomic mass is 35.5. The second-order valence-electron chi connectivity index (χ2n) is 3.61. The maximum absolute atomic E-state index is 6.09. The van der Waals surface area contributed by atoms with E-state index >= 15 is 0 Å². The van der Waals surface area contributed by atoms with Crippen LogP contribution in [0.2, 0.25) is 5.02 Å². The van der Waals surface area contributed by atoms with Gasteiger partial charge in [0.15, 0.2) is 16.6 Å². The third-order valence-electron chi connectivity index (χ3n) is 2.24. The highest BCUT2D eigenvalue weighted by Gasteiger charge is 2.09. The van der Waals surface area contributed by atoms with Crippen molar-refractivity contribution in [3.8, 4) is 11.5 Å². The van der Waals surface area contributed by atoms with Gasteiger partial charge < -0.3 is 14.8 Å². The first-order chi connectivity index (χ1) is 9.62. The van der Waals surface area contributed by atoms with Gasteiger partial charge in [0.05, 0.1) is 25.5 Å². The summed E-state index contributed by atoms with van der Waals surface area (Å²) < 4.78 is 10.3. The van der Waals surface area contributed by atoms with E-state index in [1.54, 1.807) is 31.5 Å². The van der Waals surface area contributed by atoms with Gasteiger partial charge >= 0.3 is 0 Å². The predicted molar refractivity (Wildman–Crippen MR) is 86.1 cm³/mol. The van der Waals surface area contributed by atoms with Gasteiger partial charge in [-0.2, -0.15) is 5.10 Å². The molecule has 0 radical (unpaired) electrons. The molecule has 0 amide bonds. The van der Waals surface area contributed by atoms with E-state index in [0.717, 1.165) is 5.56 Å². The van der Waals surface area contributed by atoms with E-state index in [0.29, 0.717) is 28.2 Å². The molecule has 0 atom stereocenters. The number of nitrogens with zero attached hydrogens (tertiary/aromatic N) is 1. The Morgan fingerprint density at radius 1 is 1.45 bits per heavy atom. The summed E-state index contributed by atoms with van der Waals surface area (Å²) in [5, 5.41) is 7.74. The zero-order valence-corrected chi connectivity index (χ0v) is 12.8. The number of benzene rings is 1. The second kappa shape index (κ2) is 8.39. The van der Waals surface area contributed by atoms with Gasteiger partial charge in [0.25, 0.3) is 0 Å². The van der Waals surface area contributed by atoms with Crippen molar-refractivity contribution in [1.82, 2.24) is 10.7 Å². The summed E-state index contributed by atoms with van der Waals surface area (Å²) in [6, 6.07) is 3.48. The number of thiocarbonyl (C=S) groups is 1. The lowest BCUT2D eigenvalue weighted by Crippen LogP contribution is -2.31. The summed E-state index contributed by atoms with van der Waals surface area (Å²) in [7, 11) is 3.07. The average Bonchev–Trinajstić information content (AvgIpc) is 2.44. The van der Waals surface area contributed by atoms with Gasteiger partial charge in [-0.3, -0.25) is 5.43 Å². The van der Waals surface area contributed by atoms with Crippen LogP contribution in [-0.4, -0.2) is 32.1 Å². The highest BCUT2D eigenvalue weighted by Crippen LogP contribution is 2.35. The molecule has 2 N–H and O–H groups in total. The van der Waals surface area contributed by atoms with Gasteiger partial charge in [0.2, 0.25) is 0 Å². The molecule has 0 aliphatic heterocycles.